The number of rotatable bonds is 5. The molecule has 0 aliphatic carbocycles. The van der Waals surface area contributed by atoms with Crippen LogP contribution in [0.25, 0.3) is 10.2 Å². The van der Waals surface area contributed by atoms with E-state index in [1.807, 2.05) is 0 Å². The lowest BCUT2D eigenvalue weighted by Gasteiger charge is -2.33. The molecule has 4 rings (SSSR count). The average Bonchev–Trinajstić information content (AvgIpc) is 3.13. The predicted molar refractivity (Wildman–Crippen MR) is 103 cm³/mol. The van der Waals surface area contributed by atoms with Gasteiger partial charge in [-0.2, -0.15) is 0 Å². The summed E-state index contributed by atoms with van der Waals surface area (Å²) in [6.07, 6.45) is -1.58. The SMILES string of the molecule is CCOC(=O)CC1Oc2cccc(F)c2N(Cc2nc3c(F)ccc(F)c3s2)C1=O. The number of amides is 1. The fraction of sp³-hybridized carbons (Fsp3) is 0.250. The first kappa shape index (κ1) is 20.1. The van der Waals surface area contributed by atoms with Crippen LogP contribution in [0.1, 0.15) is 18.4 Å². The van der Waals surface area contributed by atoms with Crippen molar-refractivity contribution in [1.82, 2.24) is 4.98 Å². The number of ether oxygens (including phenoxy) is 2. The second-order valence-electron chi connectivity index (χ2n) is 6.44. The number of hydrogen-bond acceptors (Lipinski definition) is 6. The third-order valence-electron chi connectivity index (χ3n) is 4.47. The molecule has 1 atom stereocenters. The van der Waals surface area contributed by atoms with Crippen LogP contribution in [0.5, 0.6) is 5.75 Å². The zero-order valence-electron chi connectivity index (χ0n) is 15.7. The predicted octanol–water partition coefficient (Wildman–Crippen LogP) is 3.96. The summed E-state index contributed by atoms with van der Waals surface area (Å²) in [5, 5.41) is 0.202. The van der Waals surface area contributed by atoms with Crippen LogP contribution in [-0.4, -0.2) is 29.6 Å². The van der Waals surface area contributed by atoms with Gasteiger partial charge >= 0.3 is 5.97 Å². The van der Waals surface area contributed by atoms with Crippen LogP contribution in [0.2, 0.25) is 0 Å². The largest absolute Gasteiger partial charge is 0.478 e. The molecule has 0 spiro atoms. The summed E-state index contributed by atoms with van der Waals surface area (Å²) in [6.45, 7) is 1.52. The lowest BCUT2D eigenvalue weighted by Crippen LogP contribution is -2.47. The molecule has 1 aliphatic rings. The van der Waals surface area contributed by atoms with Crippen LogP contribution >= 0.6 is 11.3 Å². The number of halogens is 3. The summed E-state index contributed by atoms with van der Waals surface area (Å²) in [5.41, 5.74) is -0.282. The number of aromatic nitrogens is 1. The molecular formula is C20H15F3N2O4S. The number of hydrogen-bond donors (Lipinski definition) is 0. The van der Waals surface area contributed by atoms with Crippen molar-refractivity contribution in [3.8, 4) is 5.75 Å². The monoisotopic (exact) mass is 436 g/mol. The highest BCUT2D eigenvalue weighted by molar-refractivity contribution is 7.18. The van der Waals surface area contributed by atoms with E-state index in [0.29, 0.717) is 0 Å². The maximum atomic E-state index is 14.5. The Labute approximate surface area is 172 Å². The molecular weight excluding hydrogens is 421 g/mol. The molecule has 1 aromatic heterocycles. The van der Waals surface area contributed by atoms with Crippen molar-refractivity contribution >= 4 is 39.1 Å². The molecule has 0 N–H and O–H groups in total. The molecule has 0 radical (unpaired) electrons. The number of nitrogens with zero attached hydrogens (tertiary/aromatic N) is 2. The molecule has 2 heterocycles. The van der Waals surface area contributed by atoms with Gasteiger partial charge in [0.25, 0.3) is 5.91 Å². The van der Waals surface area contributed by atoms with E-state index in [1.54, 1.807) is 6.92 Å². The summed E-state index contributed by atoms with van der Waals surface area (Å²) in [4.78, 5) is 30.0. The van der Waals surface area contributed by atoms with E-state index in [9.17, 15) is 22.8 Å². The summed E-state index contributed by atoms with van der Waals surface area (Å²) in [7, 11) is 0. The molecule has 1 amide bonds. The first-order chi connectivity index (χ1) is 14.4. The zero-order valence-corrected chi connectivity index (χ0v) is 16.5. The number of esters is 1. The van der Waals surface area contributed by atoms with E-state index in [0.717, 1.165) is 34.4 Å². The van der Waals surface area contributed by atoms with Crippen molar-refractivity contribution in [1.29, 1.82) is 0 Å². The van der Waals surface area contributed by atoms with Crippen molar-refractivity contribution in [3.63, 3.8) is 0 Å². The van der Waals surface area contributed by atoms with Crippen LogP contribution in [0, 0.1) is 17.5 Å². The smallest absolute Gasteiger partial charge is 0.310 e. The molecule has 156 valence electrons. The van der Waals surface area contributed by atoms with Gasteiger partial charge in [-0.15, -0.1) is 11.3 Å². The van der Waals surface area contributed by atoms with Gasteiger partial charge in [-0.05, 0) is 31.2 Å². The van der Waals surface area contributed by atoms with Crippen LogP contribution in [0.3, 0.4) is 0 Å². The standard InChI is InChI=1S/C20H15F3N2O4S/c1-2-28-16(26)8-14-20(27)25(18-11(22)4-3-5-13(18)29-14)9-15-24-17-10(21)6-7-12(23)19(17)30-15/h3-7,14H,2,8-9H2,1H3. The van der Waals surface area contributed by atoms with Crippen LogP contribution in [-0.2, 0) is 20.9 Å². The van der Waals surface area contributed by atoms with Gasteiger partial charge in [0.15, 0.2) is 17.7 Å². The lowest BCUT2D eigenvalue weighted by atomic mass is 10.1. The summed E-state index contributed by atoms with van der Waals surface area (Å²) >= 11 is 0.863. The van der Waals surface area contributed by atoms with Crippen molar-refractivity contribution in [2.75, 3.05) is 11.5 Å². The number of thiazole rings is 1. The minimum atomic E-state index is -1.22. The van der Waals surface area contributed by atoms with Crippen molar-refractivity contribution in [2.45, 2.75) is 26.0 Å². The highest BCUT2D eigenvalue weighted by Crippen LogP contribution is 2.39. The third kappa shape index (κ3) is 3.58. The fourth-order valence-electron chi connectivity index (χ4n) is 3.19. The Morgan fingerprint density at radius 2 is 1.97 bits per heavy atom. The number of carbonyl (C=O) groups is 2. The first-order valence-electron chi connectivity index (χ1n) is 9.04. The molecule has 0 saturated heterocycles. The Kier molecular flexibility index (Phi) is 5.33. The topological polar surface area (TPSA) is 68.7 Å². The van der Waals surface area contributed by atoms with E-state index in [4.69, 9.17) is 9.47 Å². The summed E-state index contributed by atoms with van der Waals surface area (Å²) in [6, 6.07) is 5.99. The van der Waals surface area contributed by atoms with Gasteiger partial charge in [-0.1, -0.05) is 6.07 Å². The highest BCUT2D eigenvalue weighted by Gasteiger charge is 2.38. The second-order valence-corrected chi connectivity index (χ2v) is 7.52. The van der Waals surface area contributed by atoms with Crippen molar-refractivity contribution < 1.29 is 32.2 Å². The maximum Gasteiger partial charge on any atom is 0.310 e. The minimum Gasteiger partial charge on any atom is -0.478 e. The van der Waals surface area contributed by atoms with Crippen LogP contribution in [0.4, 0.5) is 18.9 Å². The highest BCUT2D eigenvalue weighted by atomic mass is 32.1. The van der Waals surface area contributed by atoms with E-state index in [2.05, 4.69) is 4.98 Å². The van der Waals surface area contributed by atoms with Crippen LogP contribution < -0.4 is 9.64 Å². The molecule has 1 aliphatic heterocycles. The number of carbonyl (C=O) groups excluding carboxylic acids is 2. The van der Waals surface area contributed by atoms with Gasteiger partial charge in [-0.3, -0.25) is 14.5 Å². The average molecular weight is 436 g/mol. The molecule has 1 unspecified atom stereocenters. The molecule has 0 saturated carbocycles. The Morgan fingerprint density at radius 1 is 1.20 bits per heavy atom. The molecule has 2 aromatic carbocycles. The van der Waals surface area contributed by atoms with Gasteiger partial charge in [0.1, 0.15) is 27.8 Å². The van der Waals surface area contributed by atoms with Gasteiger partial charge < -0.3 is 9.47 Å². The quantitative estimate of drug-likeness (QED) is 0.567. The Hall–Kier alpha value is -3.14. The second kappa shape index (κ2) is 7.94. The van der Waals surface area contributed by atoms with Crippen molar-refractivity contribution in [3.05, 3.63) is 52.8 Å². The Balaban J connectivity index is 1.72. The zero-order chi connectivity index (χ0) is 21.4. The first-order valence-corrected chi connectivity index (χ1v) is 9.86. The lowest BCUT2D eigenvalue weighted by molar-refractivity contribution is -0.147. The van der Waals surface area contributed by atoms with E-state index in [-0.39, 0.29) is 46.2 Å². The fourth-order valence-corrected chi connectivity index (χ4v) is 4.16. The van der Waals surface area contributed by atoms with Crippen LogP contribution in [0.15, 0.2) is 30.3 Å². The number of anilines is 1. The molecule has 30 heavy (non-hydrogen) atoms. The Bertz CT molecular complexity index is 1110. The summed E-state index contributed by atoms with van der Waals surface area (Å²) in [5.74, 6) is -3.30. The molecule has 10 heteroatoms. The van der Waals surface area contributed by atoms with E-state index >= 15 is 0 Å². The molecule has 3 aromatic rings. The van der Waals surface area contributed by atoms with Gasteiger partial charge in [0.05, 0.1) is 24.3 Å². The van der Waals surface area contributed by atoms with Crippen molar-refractivity contribution in [2.24, 2.45) is 0 Å². The van der Waals surface area contributed by atoms with Gasteiger partial charge in [0.2, 0.25) is 0 Å². The number of para-hydroxylation sites is 1. The summed E-state index contributed by atoms with van der Waals surface area (Å²) < 4.78 is 52.9. The number of fused-ring (bicyclic) bond motifs is 2. The molecule has 0 bridgehead atoms. The van der Waals surface area contributed by atoms with Gasteiger partial charge in [0, 0.05) is 0 Å². The van der Waals surface area contributed by atoms with Gasteiger partial charge in [-0.25, -0.2) is 18.2 Å². The molecule has 0 fully saturated rings. The maximum absolute atomic E-state index is 14.5. The minimum absolute atomic E-state index is 0.00235. The molecule has 6 nitrogen and oxygen atoms in total. The van der Waals surface area contributed by atoms with E-state index in [1.165, 1.54) is 12.1 Å². The number of benzene rings is 2. The normalized spacial score (nSPS) is 15.8. The van der Waals surface area contributed by atoms with E-state index < -0.39 is 35.4 Å². The Morgan fingerprint density at radius 3 is 2.70 bits per heavy atom. The third-order valence-corrected chi connectivity index (χ3v) is 5.52.